The van der Waals surface area contributed by atoms with Crippen LogP contribution >= 0.6 is 0 Å². The van der Waals surface area contributed by atoms with Crippen LogP contribution in [0.3, 0.4) is 0 Å². The molecule has 0 fully saturated rings. The van der Waals surface area contributed by atoms with E-state index in [0.717, 1.165) is 19.3 Å². The van der Waals surface area contributed by atoms with Crippen LogP contribution in [0.1, 0.15) is 91.4 Å². The molecule has 0 amide bonds. The third kappa shape index (κ3) is 9.22. The number of hydrogen-bond donors (Lipinski definition) is 0. The summed E-state index contributed by atoms with van der Waals surface area (Å²) in [6.45, 7) is 4.98. The third-order valence-corrected chi connectivity index (χ3v) is 4.78. The quantitative estimate of drug-likeness (QED) is 0.211. The molecule has 25 heavy (non-hydrogen) atoms. The largest absolute Gasteiger partial charge is 0.465 e. The minimum absolute atomic E-state index is 0.297. The molecule has 0 saturated carbocycles. The summed E-state index contributed by atoms with van der Waals surface area (Å²) in [5.41, 5.74) is -1.30. The van der Waals surface area contributed by atoms with E-state index in [0.29, 0.717) is 19.4 Å². The Labute approximate surface area is 152 Å². The van der Waals surface area contributed by atoms with Crippen molar-refractivity contribution < 1.29 is 23.5 Å². The second-order valence-corrected chi connectivity index (χ2v) is 6.58. The molecule has 0 aliphatic rings. The molecule has 0 aromatic heterocycles. The van der Waals surface area contributed by atoms with Crippen LogP contribution in [-0.4, -0.2) is 31.8 Å². The molecule has 0 unspecified atom stereocenters. The highest BCUT2D eigenvalue weighted by Gasteiger charge is 2.45. The van der Waals surface area contributed by atoms with Crippen LogP contribution in [0.4, 0.5) is 4.39 Å². The average Bonchev–Trinajstić information content (AvgIpc) is 2.63. The Hall–Kier alpha value is -1.13. The van der Waals surface area contributed by atoms with E-state index in [9.17, 15) is 14.0 Å². The first-order chi connectivity index (χ1) is 12.1. The highest BCUT2D eigenvalue weighted by Crippen LogP contribution is 2.30. The number of alkyl halides is 1. The molecule has 0 aromatic carbocycles. The van der Waals surface area contributed by atoms with Crippen LogP contribution in [0.2, 0.25) is 0 Å². The van der Waals surface area contributed by atoms with E-state index >= 15 is 0 Å². The number of unbranched alkanes of at least 4 members (excludes halogenated alkanes) is 8. The Balaban J connectivity index is 4.02. The van der Waals surface area contributed by atoms with Crippen molar-refractivity contribution in [2.24, 2.45) is 5.41 Å². The maximum Gasteiger partial charge on any atom is 0.323 e. The van der Waals surface area contributed by atoms with Gasteiger partial charge in [0.1, 0.15) is 13.3 Å². The molecule has 0 saturated heterocycles. The maximum atomic E-state index is 12.4. The molecule has 5 heteroatoms. The number of ether oxygens (including phenoxy) is 2. The van der Waals surface area contributed by atoms with Crippen LogP contribution in [0.15, 0.2) is 0 Å². The van der Waals surface area contributed by atoms with Crippen LogP contribution in [0.25, 0.3) is 0 Å². The Bertz CT molecular complexity index is 354. The number of esters is 2. The smallest absolute Gasteiger partial charge is 0.323 e. The maximum absolute atomic E-state index is 12.4. The van der Waals surface area contributed by atoms with E-state index in [-0.39, 0.29) is 6.61 Å². The van der Waals surface area contributed by atoms with Gasteiger partial charge in [0.2, 0.25) is 0 Å². The van der Waals surface area contributed by atoms with Gasteiger partial charge in [-0.2, -0.15) is 0 Å². The molecular formula is C20H37FO4. The molecule has 0 radical (unpaired) electrons. The molecule has 148 valence electrons. The van der Waals surface area contributed by atoms with Gasteiger partial charge in [-0.1, -0.05) is 72.1 Å². The molecule has 0 N–H and O–H groups in total. The van der Waals surface area contributed by atoms with E-state index in [4.69, 9.17) is 9.47 Å². The summed E-state index contributed by atoms with van der Waals surface area (Å²) < 4.78 is 22.4. The average molecular weight is 361 g/mol. The number of rotatable bonds is 16. The minimum Gasteiger partial charge on any atom is -0.465 e. The van der Waals surface area contributed by atoms with Crippen LogP contribution in [-0.2, 0) is 19.1 Å². The van der Waals surface area contributed by atoms with Crippen LogP contribution in [0.5, 0.6) is 0 Å². The highest BCUT2D eigenvalue weighted by atomic mass is 19.1. The topological polar surface area (TPSA) is 52.6 Å². The van der Waals surface area contributed by atoms with Crippen LogP contribution < -0.4 is 0 Å². The molecule has 0 rings (SSSR count). The summed E-state index contributed by atoms with van der Waals surface area (Å²) in [5.74, 6) is -1.21. The second kappa shape index (κ2) is 15.2. The highest BCUT2D eigenvalue weighted by molar-refractivity contribution is 5.99. The second-order valence-electron chi connectivity index (χ2n) is 6.58. The molecule has 0 aromatic rings. The standard InChI is InChI=1S/C20H37FO4/c1-4-7-8-9-10-11-12-13-14-16-24-18(22)20(5-2,6-3)19(23)25-17-15-21/h4-17H2,1-3H3. The van der Waals surface area contributed by atoms with E-state index in [1.165, 1.54) is 38.5 Å². The van der Waals surface area contributed by atoms with E-state index in [1.54, 1.807) is 13.8 Å². The lowest BCUT2D eigenvalue weighted by Crippen LogP contribution is -2.41. The molecule has 4 nitrogen and oxygen atoms in total. The van der Waals surface area contributed by atoms with Crippen molar-refractivity contribution in [2.75, 3.05) is 19.9 Å². The molecule has 0 spiro atoms. The summed E-state index contributed by atoms with van der Waals surface area (Å²) in [6, 6.07) is 0. The SMILES string of the molecule is CCCCCCCCCCCOC(=O)C(CC)(CC)C(=O)OCCF. The van der Waals surface area contributed by atoms with Gasteiger partial charge in [-0.15, -0.1) is 0 Å². The lowest BCUT2D eigenvalue weighted by atomic mass is 9.82. The molecular weight excluding hydrogens is 323 g/mol. The summed E-state index contributed by atoms with van der Waals surface area (Å²) >= 11 is 0. The van der Waals surface area contributed by atoms with Gasteiger partial charge in [-0.05, 0) is 19.3 Å². The van der Waals surface area contributed by atoms with Gasteiger partial charge in [-0.25, -0.2) is 4.39 Å². The summed E-state index contributed by atoms with van der Waals surface area (Å²) in [5, 5.41) is 0. The first-order valence-corrected chi connectivity index (χ1v) is 9.99. The first-order valence-electron chi connectivity index (χ1n) is 9.99. The third-order valence-electron chi connectivity index (χ3n) is 4.78. The zero-order chi connectivity index (χ0) is 19.0. The van der Waals surface area contributed by atoms with E-state index < -0.39 is 24.0 Å². The van der Waals surface area contributed by atoms with Crippen LogP contribution in [0, 0.1) is 5.41 Å². The predicted octanol–water partition coefficient (Wildman–Crippen LogP) is 5.38. The Kier molecular flexibility index (Phi) is 14.5. The van der Waals surface area contributed by atoms with Gasteiger partial charge in [0.25, 0.3) is 0 Å². The monoisotopic (exact) mass is 360 g/mol. The fourth-order valence-corrected chi connectivity index (χ4v) is 2.90. The molecule has 0 bridgehead atoms. The van der Waals surface area contributed by atoms with Crippen molar-refractivity contribution in [1.82, 2.24) is 0 Å². The van der Waals surface area contributed by atoms with Crippen molar-refractivity contribution in [1.29, 1.82) is 0 Å². The van der Waals surface area contributed by atoms with Crippen molar-refractivity contribution in [3.8, 4) is 0 Å². The number of hydrogen-bond acceptors (Lipinski definition) is 4. The van der Waals surface area contributed by atoms with Gasteiger partial charge in [0.05, 0.1) is 6.61 Å². The van der Waals surface area contributed by atoms with Gasteiger partial charge >= 0.3 is 11.9 Å². The van der Waals surface area contributed by atoms with Gasteiger partial charge in [-0.3, -0.25) is 9.59 Å². The van der Waals surface area contributed by atoms with Crippen molar-refractivity contribution >= 4 is 11.9 Å². The van der Waals surface area contributed by atoms with Gasteiger partial charge < -0.3 is 9.47 Å². The minimum atomic E-state index is -1.30. The van der Waals surface area contributed by atoms with Gasteiger partial charge in [0, 0.05) is 0 Å². The predicted molar refractivity (Wildman–Crippen MR) is 98.1 cm³/mol. The van der Waals surface area contributed by atoms with E-state index in [2.05, 4.69) is 6.92 Å². The molecule has 0 aliphatic carbocycles. The summed E-state index contributed by atoms with van der Waals surface area (Å²) in [7, 11) is 0. The fourth-order valence-electron chi connectivity index (χ4n) is 2.90. The Morgan fingerprint density at radius 2 is 1.16 bits per heavy atom. The lowest BCUT2D eigenvalue weighted by molar-refractivity contribution is -0.173. The first kappa shape index (κ1) is 23.9. The fraction of sp³-hybridized carbons (Fsp3) is 0.900. The zero-order valence-electron chi connectivity index (χ0n) is 16.4. The number of halogens is 1. The Morgan fingerprint density at radius 3 is 1.60 bits per heavy atom. The zero-order valence-corrected chi connectivity index (χ0v) is 16.4. The van der Waals surface area contributed by atoms with Gasteiger partial charge in [0.15, 0.2) is 5.41 Å². The number of carbonyl (C=O) groups excluding carboxylic acids is 2. The molecule has 0 aliphatic heterocycles. The number of carbonyl (C=O) groups is 2. The van der Waals surface area contributed by atoms with Crippen molar-refractivity contribution in [3.05, 3.63) is 0 Å². The van der Waals surface area contributed by atoms with Crippen molar-refractivity contribution in [3.63, 3.8) is 0 Å². The lowest BCUT2D eigenvalue weighted by Gasteiger charge is -2.26. The van der Waals surface area contributed by atoms with Crippen molar-refractivity contribution in [2.45, 2.75) is 91.4 Å². The summed E-state index contributed by atoms with van der Waals surface area (Å²) in [4.78, 5) is 24.5. The molecule has 0 atom stereocenters. The molecule has 0 heterocycles. The Morgan fingerprint density at radius 1 is 0.720 bits per heavy atom. The summed E-state index contributed by atoms with van der Waals surface area (Å²) in [6.07, 6.45) is 11.3. The van der Waals surface area contributed by atoms with E-state index in [1.807, 2.05) is 0 Å². The normalized spacial score (nSPS) is 11.4.